The molecule has 0 aliphatic heterocycles. The fourth-order valence-corrected chi connectivity index (χ4v) is 1.44. The Bertz CT molecular complexity index is 379. The number of hydrogen-bond acceptors (Lipinski definition) is 3. The smallest absolute Gasteiger partial charge is 0.252 e. The van der Waals surface area contributed by atoms with Crippen molar-refractivity contribution >= 4 is 11.8 Å². The van der Waals surface area contributed by atoms with Crippen LogP contribution in [0.1, 0.15) is 36.5 Å². The van der Waals surface area contributed by atoms with Gasteiger partial charge in [0.25, 0.3) is 5.91 Å². The third kappa shape index (κ3) is 4.22. The second-order valence-corrected chi connectivity index (χ2v) is 3.81. The van der Waals surface area contributed by atoms with Crippen molar-refractivity contribution in [3.05, 3.63) is 30.1 Å². The van der Waals surface area contributed by atoms with Crippen LogP contribution in [0.25, 0.3) is 0 Å². The molecule has 5 heteroatoms. The van der Waals surface area contributed by atoms with E-state index in [9.17, 15) is 9.59 Å². The molecule has 0 bridgehead atoms. The number of unbranched alkanes of at least 4 members (excludes halogenated alkanes) is 1. The van der Waals surface area contributed by atoms with Gasteiger partial charge in [-0.05, 0) is 18.6 Å². The summed E-state index contributed by atoms with van der Waals surface area (Å²) >= 11 is 0. The van der Waals surface area contributed by atoms with E-state index in [0.29, 0.717) is 12.0 Å². The molecule has 0 aliphatic rings. The van der Waals surface area contributed by atoms with Gasteiger partial charge in [0.05, 0.1) is 0 Å². The summed E-state index contributed by atoms with van der Waals surface area (Å²) in [6.07, 6.45) is 5.43. The Hall–Kier alpha value is -1.91. The SMILES string of the molecule is CCCCC(NC(=O)c1ccncc1)C(N)=O. The summed E-state index contributed by atoms with van der Waals surface area (Å²) in [6, 6.07) is 2.58. The molecule has 0 saturated heterocycles. The molecule has 1 atom stereocenters. The number of carbonyl (C=O) groups is 2. The van der Waals surface area contributed by atoms with Crippen LogP contribution in [0.15, 0.2) is 24.5 Å². The molecule has 0 aliphatic carbocycles. The van der Waals surface area contributed by atoms with E-state index in [-0.39, 0.29) is 5.91 Å². The van der Waals surface area contributed by atoms with Crippen LogP contribution >= 0.6 is 0 Å². The number of nitrogens with one attached hydrogen (secondary N) is 1. The van der Waals surface area contributed by atoms with Gasteiger partial charge in [-0.3, -0.25) is 14.6 Å². The molecule has 3 N–H and O–H groups in total. The molecule has 0 saturated carbocycles. The van der Waals surface area contributed by atoms with E-state index in [0.717, 1.165) is 12.8 Å². The molecule has 0 aromatic carbocycles. The first-order chi connectivity index (χ1) is 8.15. The van der Waals surface area contributed by atoms with Gasteiger partial charge in [0.15, 0.2) is 0 Å². The molecule has 1 heterocycles. The average molecular weight is 235 g/mol. The highest BCUT2D eigenvalue weighted by molar-refractivity contribution is 5.97. The molecular formula is C12H17N3O2. The summed E-state index contributed by atoms with van der Waals surface area (Å²) in [6.45, 7) is 2.02. The number of carbonyl (C=O) groups excluding carboxylic acids is 2. The number of aromatic nitrogens is 1. The van der Waals surface area contributed by atoms with Crippen molar-refractivity contribution in [2.75, 3.05) is 0 Å². The van der Waals surface area contributed by atoms with Crippen molar-refractivity contribution in [3.8, 4) is 0 Å². The summed E-state index contributed by atoms with van der Waals surface area (Å²) in [5.74, 6) is -0.798. The largest absolute Gasteiger partial charge is 0.368 e. The zero-order valence-corrected chi connectivity index (χ0v) is 9.85. The zero-order valence-electron chi connectivity index (χ0n) is 9.85. The third-order valence-corrected chi connectivity index (χ3v) is 2.44. The quantitative estimate of drug-likeness (QED) is 0.766. The van der Waals surface area contributed by atoms with Crippen LogP contribution in [0, 0.1) is 0 Å². The van der Waals surface area contributed by atoms with Crippen LogP contribution in [0.3, 0.4) is 0 Å². The highest BCUT2D eigenvalue weighted by Gasteiger charge is 2.17. The zero-order chi connectivity index (χ0) is 12.7. The first kappa shape index (κ1) is 13.2. The molecule has 1 aromatic rings. The number of rotatable bonds is 6. The minimum absolute atomic E-state index is 0.299. The van der Waals surface area contributed by atoms with E-state index in [1.807, 2.05) is 6.92 Å². The monoisotopic (exact) mass is 235 g/mol. The van der Waals surface area contributed by atoms with Gasteiger partial charge in [0.1, 0.15) is 6.04 Å². The summed E-state index contributed by atoms with van der Waals surface area (Å²) in [7, 11) is 0. The lowest BCUT2D eigenvalue weighted by Crippen LogP contribution is -2.44. The molecule has 0 fully saturated rings. The Labute approximate surface area is 100 Å². The summed E-state index contributed by atoms with van der Waals surface area (Å²) in [5.41, 5.74) is 5.71. The van der Waals surface area contributed by atoms with Gasteiger partial charge in [-0.1, -0.05) is 19.8 Å². The molecular weight excluding hydrogens is 218 g/mol. The first-order valence-corrected chi connectivity index (χ1v) is 5.65. The van der Waals surface area contributed by atoms with Crippen molar-refractivity contribution < 1.29 is 9.59 Å². The Morgan fingerprint density at radius 1 is 1.41 bits per heavy atom. The van der Waals surface area contributed by atoms with Crippen LogP contribution in [0.2, 0.25) is 0 Å². The van der Waals surface area contributed by atoms with E-state index in [4.69, 9.17) is 5.73 Å². The average Bonchev–Trinajstić information content (AvgIpc) is 2.35. The lowest BCUT2D eigenvalue weighted by atomic mass is 10.1. The van der Waals surface area contributed by atoms with Crippen LogP contribution in [0.4, 0.5) is 0 Å². The molecule has 17 heavy (non-hydrogen) atoms. The number of primary amides is 1. The van der Waals surface area contributed by atoms with Gasteiger partial charge in [-0.2, -0.15) is 0 Å². The van der Waals surface area contributed by atoms with Gasteiger partial charge >= 0.3 is 0 Å². The van der Waals surface area contributed by atoms with Gasteiger partial charge in [-0.15, -0.1) is 0 Å². The Morgan fingerprint density at radius 2 is 2.06 bits per heavy atom. The Balaban J connectivity index is 2.61. The lowest BCUT2D eigenvalue weighted by molar-refractivity contribution is -0.120. The van der Waals surface area contributed by atoms with Crippen LogP contribution in [-0.2, 0) is 4.79 Å². The third-order valence-electron chi connectivity index (χ3n) is 2.44. The highest BCUT2D eigenvalue weighted by Crippen LogP contribution is 2.03. The Kier molecular flexibility index (Phi) is 5.13. The highest BCUT2D eigenvalue weighted by atomic mass is 16.2. The molecule has 0 spiro atoms. The van der Waals surface area contributed by atoms with E-state index in [2.05, 4.69) is 10.3 Å². The molecule has 92 valence electrons. The predicted molar refractivity (Wildman–Crippen MR) is 64.2 cm³/mol. The second-order valence-electron chi connectivity index (χ2n) is 3.81. The van der Waals surface area contributed by atoms with E-state index in [1.54, 1.807) is 12.1 Å². The van der Waals surface area contributed by atoms with Gasteiger partial charge in [-0.25, -0.2) is 0 Å². The maximum atomic E-state index is 11.8. The van der Waals surface area contributed by atoms with Crippen molar-refractivity contribution in [2.45, 2.75) is 32.2 Å². The van der Waals surface area contributed by atoms with Crippen molar-refractivity contribution in [1.82, 2.24) is 10.3 Å². The van der Waals surface area contributed by atoms with Gasteiger partial charge in [0, 0.05) is 18.0 Å². The number of nitrogens with zero attached hydrogens (tertiary/aromatic N) is 1. The van der Waals surface area contributed by atoms with Crippen LogP contribution in [-0.4, -0.2) is 22.8 Å². The molecule has 5 nitrogen and oxygen atoms in total. The van der Waals surface area contributed by atoms with Crippen molar-refractivity contribution in [2.24, 2.45) is 5.73 Å². The molecule has 1 aromatic heterocycles. The van der Waals surface area contributed by atoms with Crippen molar-refractivity contribution in [3.63, 3.8) is 0 Å². The maximum Gasteiger partial charge on any atom is 0.252 e. The number of pyridine rings is 1. The minimum atomic E-state index is -0.601. The van der Waals surface area contributed by atoms with Crippen LogP contribution in [0.5, 0.6) is 0 Å². The standard InChI is InChI=1S/C12H17N3O2/c1-2-3-4-10(11(13)16)15-12(17)9-5-7-14-8-6-9/h5-8,10H,2-4H2,1H3,(H2,13,16)(H,15,17). The topological polar surface area (TPSA) is 85.1 Å². The predicted octanol–water partition coefficient (Wildman–Crippen LogP) is 0.855. The number of nitrogens with two attached hydrogens (primary N) is 1. The minimum Gasteiger partial charge on any atom is -0.368 e. The first-order valence-electron chi connectivity index (χ1n) is 5.65. The van der Waals surface area contributed by atoms with Gasteiger partial charge in [0.2, 0.25) is 5.91 Å². The summed E-state index contributed by atoms with van der Waals surface area (Å²) in [5, 5.41) is 2.63. The lowest BCUT2D eigenvalue weighted by Gasteiger charge is -2.14. The fourth-order valence-electron chi connectivity index (χ4n) is 1.44. The number of amides is 2. The molecule has 0 radical (unpaired) electrons. The van der Waals surface area contributed by atoms with Crippen LogP contribution < -0.4 is 11.1 Å². The van der Waals surface area contributed by atoms with Gasteiger partial charge < -0.3 is 11.1 Å². The second kappa shape index (κ2) is 6.62. The van der Waals surface area contributed by atoms with E-state index < -0.39 is 11.9 Å². The molecule has 1 rings (SSSR count). The Morgan fingerprint density at radius 3 is 2.59 bits per heavy atom. The summed E-state index contributed by atoms with van der Waals surface area (Å²) in [4.78, 5) is 26.8. The number of hydrogen-bond donors (Lipinski definition) is 2. The van der Waals surface area contributed by atoms with Crippen molar-refractivity contribution in [1.29, 1.82) is 0 Å². The maximum absolute atomic E-state index is 11.8. The summed E-state index contributed by atoms with van der Waals surface area (Å²) < 4.78 is 0. The molecule has 2 amide bonds. The normalized spacial score (nSPS) is 11.8. The molecule has 1 unspecified atom stereocenters. The fraction of sp³-hybridized carbons (Fsp3) is 0.417. The van der Waals surface area contributed by atoms with E-state index in [1.165, 1.54) is 12.4 Å². The van der Waals surface area contributed by atoms with E-state index >= 15 is 0 Å².